The van der Waals surface area contributed by atoms with Crippen molar-refractivity contribution in [3.05, 3.63) is 59.3 Å². The largest absolute Gasteiger partial charge is 0.353 e. The number of nitrogens with zero attached hydrogens (tertiary/aromatic N) is 3. The molecule has 1 unspecified atom stereocenters. The summed E-state index contributed by atoms with van der Waals surface area (Å²) >= 11 is 0. The highest BCUT2D eigenvalue weighted by molar-refractivity contribution is 5.95. The standard InChI is InChI=1S/C20H22N4O/c25-20(17-10-9-15-5-1-2-6-16(15)13-17)22-18-7-4-12-24(14-18)19-8-3-11-21-23-19/h1,3,5,8-11,13,18H,2,4,6-7,12,14H2,(H,22,25). The number of allylic oxidation sites excluding steroid dienone is 1. The van der Waals surface area contributed by atoms with Gasteiger partial charge < -0.3 is 10.2 Å². The molecule has 128 valence electrons. The van der Waals surface area contributed by atoms with Crippen LogP contribution in [0.1, 0.15) is 40.7 Å². The minimum absolute atomic E-state index is 0.0170. The molecule has 1 saturated heterocycles. The summed E-state index contributed by atoms with van der Waals surface area (Å²) in [5, 5.41) is 11.3. The fraction of sp³-hybridized carbons (Fsp3) is 0.350. The molecule has 2 aromatic rings. The highest BCUT2D eigenvalue weighted by Gasteiger charge is 2.23. The van der Waals surface area contributed by atoms with Crippen LogP contribution < -0.4 is 10.2 Å². The van der Waals surface area contributed by atoms with Crippen LogP contribution >= 0.6 is 0 Å². The Morgan fingerprint density at radius 1 is 1.28 bits per heavy atom. The summed E-state index contributed by atoms with van der Waals surface area (Å²) in [5.41, 5.74) is 3.25. The van der Waals surface area contributed by atoms with E-state index < -0.39 is 0 Å². The Kier molecular flexibility index (Phi) is 4.46. The van der Waals surface area contributed by atoms with E-state index in [1.807, 2.05) is 30.3 Å². The molecule has 2 heterocycles. The molecule has 0 saturated carbocycles. The molecule has 1 aromatic heterocycles. The zero-order chi connectivity index (χ0) is 17.1. The Hall–Kier alpha value is -2.69. The number of aryl methyl sites for hydroxylation is 1. The normalized spacial score (nSPS) is 19.4. The highest BCUT2D eigenvalue weighted by atomic mass is 16.1. The molecule has 0 spiro atoms. The van der Waals surface area contributed by atoms with Crippen LogP contribution in [0.15, 0.2) is 42.6 Å². The summed E-state index contributed by atoms with van der Waals surface area (Å²) in [4.78, 5) is 14.9. The lowest BCUT2D eigenvalue weighted by molar-refractivity contribution is 0.0933. The molecule has 5 heteroatoms. The molecule has 1 aromatic carbocycles. The predicted molar refractivity (Wildman–Crippen MR) is 98.5 cm³/mol. The second kappa shape index (κ2) is 7.05. The Morgan fingerprint density at radius 3 is 3.12 bits per heavy atom. The third-order valence-electron chi connectivity index (χ3n) is 4.92. The van der Waals surface area contributed by atoms with Crippen LogP contribution in [0.5, 0.6) is 0 Å². The van der Waals surface area contributed by atoms with Crippen molar-refractivity contribution >= 4 is 17.8 Å². The van der Waals surface area contributed by atoms with Gasteiger partial charge in [0.2, 0.25) is 0 Å². The number of amides is 1. The predicted octanol–water partition coefficient (Wildman–Crippen LogP) is 2.83. The third kappa shape index (κ3) is 3.55. The molecule has 2 aliphatic rings. The molecule has 25 heavy (non-hydrogen) atoms. The number of anilines is 1. The molecule has 1 amide bonds. The second-order valence-electron chi connectivity index (χ2n) is 6.70. The first-order valence-electron chi connectivity index (χ1n) is 8.92. The van der Waals surface area contributed by atoms with Crippen LogP contribution in [-0.2, 0) is 6.42 Å². The first-order valence-corrected chi connectivity index (χ1v) is 8.92. The summed E-state index contributed by atoms with van der Waals surface area (Å²) in [6.07, 6.45) is 10.1. The Labute approximate surface area is 147 Å². The van der Waals surface area contributed by atoms with Crippen molar-refractivity contribution in [1.82, 2.24) is 15.5 Å². The van der Waals surface area contributed by atoms with E-state index in [0.717, 1.165) is 50.2 Å². The summed E-state index contributed by atoms with van der Waals surface area (Å²) in [6, 6.07) is 10.0. The quantitative estimate of drug-likeness (QED) is 0.938. The molecule has 1 aliphatic carbocycles. The lowest BCUT2D eigenvalue weighted by Gasteiger charge is -2.33. The minimum Gasteiger partial charge on any atom is -0.353 e. The van der Waals surface area contributed by atoms with Crippen LogP contribution in [-0.4, -0.2) is 35.2 Å². The van der Waals surface area contributed by atoms with Gasteiger partial charge in [0, 0.05) is 30.9 Å². The molecule has 1 aliphatic heterocycles. The van der Waals surface area contributed by atoms with E-state index in [9.17, 15) is 4.79 Å². The van der Waals surface area contributed by atoms with Gasteiger partial charge in [-0.25, -0.2) is 0 Å². The second-order valence-corrected chi connectivity index (χ2v) is 6.70. The Balaban J connectivity index is 1.43. The molecular formula is C20H22N4O. The van der Waals surface area contributed by atoms with Gasteiger partial charge in [-0.1, -0.05) is 18.2 Å². The van der Waals surface area contributed by atoms with Crippen molar-refractivity contribution in [2.75, 3.05) is 18.0 Å². The van der Waals surface area contributed by atoms with Crippen LogP contribution in [0, 0.1) is 0 Å². The number of aromatic nitrogens is 2. The number of benzene rings is 1. The van der Waals surface area contributed by atoms with Crippen LogP contribution in [0.2, 0.25) is 0 Å². The lowest BCUT2D eigenvalue weighted by Crippen LogP contribution is -2.48. The van der Waals surface area contributed by atoms with Crippen LogP contribution in [0.25, 0.3) is 6.08 Å². The topological polar surface area (TPSA) is 58.1 Å². The minimum atomic E-state index is 0.0170. The van der Waals surface area contributed by atoms with Crippen molar-refractivity contribution in [3.8, 4) is 0 Å². The first-order chi connectivity index (χ1) is 12.3. The van der Waals surface area contributed by atoms with Gasteiger partial charge in [0.05, 0.1) is 0 Å². The van der Waals surface area contributed by atoms with Gasteiger partial charge in [-0.05, 0) is 61.1 Å². The molecule has 1 fully saturated rings. The average Bonchev–Trinajstić information content (AvgIpc) is 2.68. The molecule has 5 nitrogen and oxygen atoms in total. The van der Waals surface area contributed by atoms with Crippen molar-refractivity contribution in [2.24, 2.45) is 0 Å². The summed E-state index contributed by atoms with van der Waals surface area (Å²) in [6.45, 7) is 1.73. The smallest absolute Gasteiger partial charge is 0.251 e. The van der Waals surface area contributed by atoms with Crippen molar-refractivity contribution < 1.29 is 4.79 Å². The van der Waals surface area contributed by atoms with Gasteiger partial charge >= 0.3 is 0 Å². The van der Waals surface area contributed by atoms with Crippen molar-refractivity contribution in [2.45, 2.75) is 31.7 Å². The number of hydrogen-bond acceptors (Lipinski definition) is 4. The van der Waals surface area contributed by atoms with E-state index in [2.05, 4.69) is 32.6 Å². The summed E-state index contributed by atoms with van der Waals surface area (Å²) in [5.74, 6) is 0.894. The van der Waals surface area contributed by atoms with Gasteiger partial charge in [0.25, 0.3) is 5.91 Å². The Morgan fingerprint density at radius 2 is 2.24 bits per heavy atom. The molecule has 4 rings (SSSR count). The lowest BCUT2D eigenvalue weighted by atomic mass is 9.95. The van der Waals surface area contributed by atoms with Crippen molar-refractivity contribution in [3.63, 3.8) is 0 Å². The maximum Gasteiger partial charge on any atom is 0.251 e. The van der Waals surface area contributed by atoms with Gasteiger partial charge in [0.15, 0.2) is 5.82 Å². The molecule has 1 N–H and O–H groups in total. The van der Waals surface area contributed by atoms with E-state index in [4.69, 9.17) is 0 Å². The Bertz CT molecular complexity index is 788. The molecule has 0 radical (unpaired) electrons. The molecular weight excluding hydrogens is 312 g/mol. The number of rotatable bonds is 3. The van der Waals surface area contributed by atoms with Gasteiger partial charge in [-0.3, -0.25) is 4.79 Å². The summed E-state index contributed by atoms with van der Waals surface area (Å²) in [7, 11) is 0. The van der Waals surface area contributed by atoms with E-state index in [1.54, 1.807) is 6.20 Å². The number of nitrogens with one attached hydrogen (secondary N) is 1. The van der Waals surface area contributed by atoms with E-state index >= 15 is 0 Å². The molecule has 0 bridgehead atoms. The van der Waals surface area contributed by atoms with E-state index in [-0.39, 0.29) is 11.9 Å². The number of piperidine rings is 1. The third-order valence-corrected chi connectivity index (χ3v) is 4.92. The van der Waals surface area contributed by atoms with Crippen LogP contribution in [0.3, 0.4) is 0 Å². The van der Waals surface area contributed by atoms with E-state index in [0.29, 0.717) is 0 Å². The maximum absolute atomic E-state index is 12.7. The summed E-state index contributed by atoms with van der Waals surface area (Å²) < 4.78 is 0. The molecule has 1 atom stereocenters. The number of hydrogen-bond donors (Lipinski definition) is 1. The SMILES string of the molecule is O=C(NC1CCCN(c2cccnn2)C1)c1ccc2c(c1)CCC=C2. The van der Waals surface area contributed by atoms with Gasteiger partial charge in [-0.15, -0.1) is 5.10 Å². The average molecular weight is 334 g/mol. The number of carbonyl (C=O) groups is 1. The van der Waals surface area contributed by atoms with Gasteiger partial charge in [0.1, 0.15) is 0 Å². The first kappa shape index (κ1) is 15.8. The zero-order valence-corrected chi connectivity index (χ0v) is 14.2. The number of fused-ring (bicyclic) bond motifs is 1. The van der Waals surface area contributed by atoms with Crippen molar-refractivity contribution in [1.29, 1.82) is 0 Å². The maximum atomic E-state index is 12.7. The van der Waals surface area contributed by atoms with Crippen LogP contribution in [0.4, 0.5) is 5.82 Å². The highest BCUT2D eigenvalue weighted by Crippen LogP contribution is 2.21. The monoisotopic (exact) mass is 334 g/mol. The van der Waals surface area contributed by atoms with E-state index in [1.165, 1.54) is 11.1 Å². The van der Waals surface area contributed by atoms with Gasteiger partial charge in [-0.2, -0.15) is 5.10 Å². The zero-order valence-electron chi connectivity index (χ0n) is 14.2. The number of carbonyl (C=O) groups excluding carboxylic acids is 1. The fourth-order valence-electron chi connectivity index (χ4n) is 3.61. The fourth-order valence-corrected chi connectivity index (χ4v) is 3.61.